The molecule has 8 heteroatoms. The van der Waals surface area contributed by atoms with Crippen molar-refractivity contribution < 1.29 is 27.2 Å². The van der Waals surface area contributed by atoms with E-state index in [-0.39, 0.29) is 11.5 Å². The fourth-order valence-corrected chi connectivity index (χ4v) is 1.40. The number of anilines is 1. The molecule has 20 heavy (non-hydrogen) atoms. The third kappa shape index (κ3) is 3.74. The van der Waals surface area contributed by atoms with Crippen LogP contribution in [0, 0.1) is 6.92 Å². The van der Waals surface area contributed by atoms with E-state index in [0.29, 0.717) is 11.4 Å². The molecule has 0 saturated heterocycles. The summed E-state index contributed by atoms with van der Waals surface area (Å²) in [6, 6.07) is 6.18. The molecule has 0 bridgehead atoms. The molecule has 1 amide bonds. The number of nitrogens with zero attached hydrogens (tertiary/aromatic N) is 1. The van der Waals surface area contributed by atoms with E-state index in [1.807, 2.05) is 0 Å². The van der Waals surface area contributed by atoms with Crippen LogP contribution in [0.3, 0.4) is 0 Å². The lowest BCUT2D eigenvalue weighted by atomic mass is 10.3. The van der Waals surface area contributed by atoms with Gasteiger partial charge in [-0.25, -0.2) is 0 Å². The maximum absolute atomic E-state index is 12.0. The summed E-state index contributed by atoms with van der Waals surface area (Å²) >= 11 is 0. The van der Waals surface area contributed by atoms with Crippen molar-refractivity contribution in [3.8, 4) is 5.75 Å². The highest BCUT2D eigenvalue weighted by Gasteiger charge is 2.30. The first kappa shape index (κ1) is 13.9. The van der Waals surface area contributed by atoms with Crippen LogP contribution >= 0.6 is 0 Å². The highest BCUT2D eigenvalue weighted by Crippen LogP contribution is 2.24. The van der Waals surface area contributed by atoms with Gasteiger partial charge in [0.1, 0.15) is 5.75 Å². The minimum Gasteiger partial charge on any atom is -0.406 e. The second-order valence-corrected chi connectivity index (χ2v) is 3.86. The Labute approximate surface area is 111 Å². The summed E-state index contributed by atoms with van der Waals surface area (Å²) in [4.78, 5) is 11.7. The third-order valence-corrected chi connectivity index (χ3v) is 2.20. The summed E-state index contributed by atoms with van der Waals surface area (Å²) in [6.45, 7) is 1.66. The van der Waals surface area contributed by atoms with Gasteiger partial charge in [-0.1, -0.05) is 5.16 Å². The van der Waals surface area contributed by atoms with Gasteiger partial charge in [0, 0.05) is 11.8 Å². The van der Waals surface area contributed by atoms with Crippen LogP contribution in [-0.2, 0) is 0 Å². The Kier molecular flexibility index (Phi) is 3.64. The third-order valence-electron chi connectivity index (χ3n) is 2.20. The van der Waals surface area contributed by atoms with Crippen molar-refractivity contribution >= 4 is 11.6 Å². The Bertz CT molecular complexity index is 605. The second-order valence-electron chi connectivity index (χ2n) is 3.86. The van der Waals surface area contributed by atoms with E-state index in [2.05, 4.69) is 15.2 Å². The lowest BCUT2D eigenvalue weighted by Crippen LogP contribution is -2.17. The smallest absolute Gasteiger partial charge is 0.406 e. The van der Waals surface area contributed by atoms with E-state index >= 15 is 0 Å². The maximum atomic E-state index is 12.0. The van der Waals surface area contributed by atoms with E-state index in [1.54, 1.807) is 6.92 Å². The molecule has 1 aromatic carbocycles. The van der Waals surface area contributed by atoms with Crippen LogP contribution in [0.1, 0.15) is 16.2 Å². The summed E-state index contributed by atoms with van der Waals surface area (Å²) in [5.41, 5.74) is 0.850. The number of aromatic nitrogens is 1. The van der Waals surface area contributed by atoms with E-state index < -0.39 is 12.3 Å². The first-order chi connectivity index (χ1) is 9.33. The Hall–Kier alpha value is -2.51. The molecular weight excluding hydrogens is 277 g/mol. The zero-order valence-corrected chi connectivity index (χ0v) is 10.2. The molecule has 0 spiro atoms. The molecule has 5 nitrogen and oxygen atoms in total. The standard InChI is InChI=1S/C12H9F3N2O3/c1-7-6-10(20-17-7)11(18)16-8-2-4-9(5-3-8)19-12(13,14)15/h2-6H,1H3,(H,16,18). The van der Waals surface area contributed by atoms with Crippen molar-refractivity contribution in [1.29, 1.82) is 0 Å². The lowest BCUT2D eigenvalue weighted by Gasteiger charge is -2.09. The molecule has 2 aromatic rings. The Morgan fingerprint density at radius 1 is 1.30 bits per heavy atom. The van der Waals surface area contributed by atoms with E-state index in [0.717, 1.165) is 12.1 Å². The number of ether oxygens (including phenoxy) is 1. The molecule has 0 aliphatic carbocycles. The second kappa shape index (κ2) is 5.24. The SMILES string of the molecule is Cc1cc(C(=O)Nc2ccc(OC(F)(F)F)cc2)on1. The summed E-state index contributed by atoms with van der Waals surface area (Å²) < 4.78 is 44.4. The van der Waals surface area contributed by atoms with E-state index in [1.165, 1.54) is 18.2 Å². The first-order valence-electron chi connectivity index (χ1n) is 5.44. The first-order valence-corrected chi connectivity index (χ1v) is 5.44. The normalized spacial score (nSPS) is 11.2. The number of carbonyl (C=O) groups excluding carboxylic acids is 1. The fourth-order valence-electron chi connectivity index (χ4n) is 1.40. The number of amides is 1. The average molecular weight is 286 g/mol. The van der Waals surface area contributed by atoms with Gasteiger partial charge in [0.2, 0.25) is 5.76 Å². The van der Waals surface area contributed by atoms with Crippen molar-refractivity contribution in [3.05, 3.63) is 41.8 Å². The number of aryl methyl sites for hydroxylation is 1. The van der Waals surface area contributed by atoms with Gasteiger partial charge in [-0.3, -0.25) is 4.79 Å². The molecular formula is C12H9F3N2O3. The number of alkyl halides is 3. The number of nitrogens with one attached hydrogen (secondary N) is 1. The molecule has 2 rings (SSSR count). The van der Waals surface area contributed by atoms with Crippen LogP contribution in [0.15, 0.2) is 34.9 Å². The summed E-state index contributed by atoms with van der Waals surface area (Å²) in [7, 11) is 0. The number of benzene rings is 1. The fraction of sp³-hybridized carbons (Fsp3) is 0.167. The van der Waals surface area contributed by atoms with Gasteiger partial charge in [-0.2, -0.15) is 0 Å². The largest absolute Gasteiger partial charge is 0.573 e. The van der Waals surface area contributed by atoms with Crippen LogP contribution in [0.2, 0.25) is 0 Å². The molecule has 0 aliphatic heterocycles. The van der Waals surface area contributed by atoms with Gasteiger partial charge in [-0.15, -0.1) is 13.2 Å². The average Bonchev–Trinajstić information content (AvgIpc) is 2.77. The zero-order valence-electron chi connectivity index (χ0n) is 10.2. The van der Waals surface area contributed by atoms with Crippen molar-refractivity contribution in [3.63, 3.8) is 0 Å². The maximum Gasteiger partial charge on any atom is 0.573 e. The van der Waals surface area contributed by atoms with Crippen LogP contribution in [0.25, 0.3) is 0 Å². The number of hydrogen-bond donors (Lipinski definition) is 1. The van der Waals surface area contributed by atoms with E-state index in [9.17, 15) is 18.0 Å². The molecule has 0 fully saturated rings. The lowest BCUT2D eigenvalue weighted by molar-refractivity contribution is -0.274. The number of carbonyl (C=O) groups is 1. The Morgan fingerprint density at radius 2 is 1.95 bits per heavy atom. The minimum absolute atomic E-state index is 0.0121. The molecule has 0 aliphatic rings. The Morgan fingerprint density at radius 3 is 2.45 bits per heavy atom. The molecule has 1 heterocycles. The molecule has 0 radical (unpaired) electrons. The topological polar surface area (TPSA) is 64.4 Å². The molecule has 0 saturated carbocycles. The summed E-state index contributed by atoms with van der Waals surface area (Å²) in [5, 5.41) is 6.00. The Balaban J connectivity index is 2.02. The highest BCUT2D eigenvalue weighted by molar-refractivity contribution is 6.02. The monoisotopic (exact) mass is 286 g/mol. The van der Waals surface area contributed by atoms with Gasteiger partial charge in [-0.05, 0) is 31.2 Å². The van der Waals surface area contributed by atoms with Gasteiger partial charge >= 0.3 is 6.36 Å². The number of halogens is 3. The summed E-state index contributed by atoms with van der Waals surface area (Å²) in [6.07, 6.45) is -4.75. The van der Waals surface area contributed by atoms with Crippen molar-refractivity contribution in [2.24, 2.45) is 0 Å². The van der Waals surface area contributed by atoms with Gasteiger partial charge in [0.15, 0.2) is 0 Å². The van der Waals surface area contributed by atoms with Crippen LogP contribution in [0.4, 0.5) is 18.9 Å². The van der Waals surface area contributed by atoms with Crippen LogP contribution in [-0.4, -0.2) is 17.4 Å². The number of hydrogen-bond acceptors (Lipinski definition) is 4. The van der Waals surface area contributed by atoms with Crippen molar-refractivity contribution in [2.75, 3.05) is 5.32 Å². The molecule has 0 atom stereocenters. The molecule has 1 N–H and O–H groups in total. The van der Waals surface area contributed by atoms with Crippen LogP contribution < -0.4 is 10.1 Å². The van der Waals surface area contributed by atoms with Gasteiger partial charge in [0.25, 0.3) is 5.91 Å². The van der Waals surface area contributed by atoms with Crippen molar-refractivity contribution in [1.82, 2.24) is 5.16 Å². The number of rotatable bonds is 3. The highest BCUT2D eigenvalue weighted by atomic mass is 19.4. The minimum atomic E-state index is -4.75. The molecule has 106 valence electrons. The quantitative estimate of drug-likeness (QED) is 0.941. The zero-order chi connectivity index (χ0) is 14.8. The van der Waals surface area contributed by atoms with Crippen molar-refractivity contribution in [2.45, 2.75) is 13.3 Å². The summed E-state index contributed by atoms with van der Waals surface area (Å²) in [5.74, 6) is -0.904. The van der Waals surface area contributed by atoms with Gasteiger partial charge < -0.3 is 14.6 Å². The predicted octanol–water partition coefficient (Wildman–Crippen LogP) is 3.13. The van der Waals surface area contributed by atoms with Crippen LogP contribution in [0.5, 0.6) is 5.75 Å². The van der Waals surface area contributed by atoms with E-state index in [4.69, 9.17) is 4.52 Å². The van der Waals surface area contributed by atoms with Gasteiger partial charge in [0.05, 0.1) is 5.69 Å². The predicted molar refractivity (Wildman–Crippen MR) is 62.3 cm³/mol. The molecule has 1 aromatic heterocycles. The molecule has 0 unspecified atom stereocenters.